The molecule has 2 atom stereocenters. The fraction of sp³-hybridized carbons (Fsp3) is 0.296. The van der Waals surface area contributed by atoms with Crippen molar-refractivity contribution < 1.29 is 13.9 Å². The molecule has 0 radical (unpaired) electrons. The number of alkyl halides is 1. The number of benzene rings is 2. The molecule has 0 bridgehead atoms. The van der Waals surface area contributed by atoms with E-state index >= 15 is 0 Å². The summed E-state index contributed by atoms with van der Waals surface area (Å²) in [5, 5.41) is 8.25. The Morgan fingerprint density at radius 1 is 1.00 bits per heavy atom. The third kappa shape index (κ3) is 4.63. The van der Waals surface area contributed by atoms with E-state index in [-0.39, 0.29) is 12.6 Å². The third-order valence-electron chi connectivity index (χ3n) is 6.96. The topological polar surface area (TPSA) is 106 Å². The molecule has 0 spiro atoms. The van der Waals surface area contributed by atoms with Gasteiger partial charge in [0.15, 0.2) is 5.65 Å². The van der Waals surface area contributed by atoms with Crippen LogP contribution in [0.4, 0.5) is 21.6 Å². The molecule has 3 aromatic heterocycles. The predicted octanol–water partition coefficient (Wildman–Crippen LogP) is 4.01. The lowest BCUT2D eigenvalue weighted by molar-refractivity contribution is 0.202. The van der Waals surface area contributed by atoms with Crippen molar-refractivity contribution >= 4 is 33.7 Å². The van der Waals surface area contributed by atoms with Crippen molar-refractivity contribution in [2.75, 3.05) is 44.5 Å². The van der Waals surface area contributed by atoms with Gasteiger partial charge >= 0.3 is 0 Å². The van der Waals surface area contributed by atoms with Gasteiger partial charge in [-0.3, -0.25) is 0 Å². The molecule has 200 valence electrons. The van der Waals surface area contributed by atoms with Crippen molar-refractivity contribution in [3.63, 3.8) is 0 Å². The molecule has 0 aliphatic carbocycles. The van der Waals surface area contributed by atoms with Gasteiger partial charge < -0.3 is 24.6 Å². The van der Waals surface area contributed by atoms with E-state index in [0.717, 1.165) is 27.8 Å². The smallest absolute Gasteiger partial charge is 0.224 e. The van der Waals surface area contributed by atoms with E-state index in [1.165, 1.54) is 12.7 Å². The normalized spacial score (nSPS) is 17.3. The highest BCUT2D eigenvalue weighted by atomic mass is 19.1. The number of hydrogen-bond donors (Lipinski definition) is 1. The van der Waals surface area contributed by atoms with Gasteiger partial charge in [0.1, 0.15) is 42.5 Å². The first-order valence-corrected chi connectivity index (χ1v) is 12.5. The Morgan fingerprint density at radius 3 is 2.62 bits per heavy atom. The van der Waals surface area contributed by atoms with Gasteiger partial charge in [-0.2, -0.15) is 5.10 Å². The zero-order chi connectivity index (χ0) is 27.1. The number of likely N-dealkylation sites (N-methyl/N-ethyl adjacent to an activating group) is 1. The summed E-state index contributed by atoms with van der Waals surface area (Å²) < 4.78 is 28.3. The number of anilines is 3. The minimum Gasteiger partial charge on any atom is -0.495 e. The molecule has 12 heteroatoms. The highest BCUT2D eigenvalue weighted by Crippen LogP contribution is 2.42. The van der Waals surface area contributed by atoms with E-state index < -0.39 is 6.17 Å². The van der Waals surface area contributed by atoms with Gasteiger partial charge in [0.25, 0.3) is 0 Å². The average molecular weight is 530 g/mol. The highest BCUT2D eigenvalue weighted by molar-refractivity contribution is 6.03. The summed E-state index contributed by atoms with van der Waals surface area (Å²) in [6.07, 6.45) is 3.55. The number of halogens is 1. The van der Waals surface area contributed by atoms with E-state index in [1.807, 2.05) is 61.2 Å². The molecule has 4 heterocycles. The average Bonchev–Trinajstić information content (AvgIpc) is 3.56. The van der Waals surface area contributed by atoms with Gasteiger partial charge in [-0.05, 0) is 56.9 Å². The first-order chi connectivity index (χ1) is 18.9. The van der Waals surface area contributed by atoms with Crippen molar-refractivity contribution in [1.29, 1.82) is 0 Å². The molecule has 0 amide bonds. The second-order valence-corrected chi connectivity index (χ2v) is 9.68. The van der Waals surface area contributed by atoms with Crippen LogP contribution in [0.25, 0.3) is 16.6 Å². The summed E-state index contributed by atoms with van der Waals surface area (Å²) in [6, 6.07) is 11.0. The maximum atomic E-state index is 15.0. The maximum Gasteiger partial charge on any atom is 0.224 e. The monoisotopic (exact) mass is 529 g/mol. The second-order valence-electron chi connectivity index (χ2n) is 9.68. The van der Waals surface area contributed by atoms with E-state index in [0.29, 0.717) is 35.4 Å². The van der Waals surface area contributed by atoms with Crippen LogP contribution < -0.4 is 19.7 Å². The Labute approximate surface area is 224 Å². The highest BCUT2D eigenvalue weighted by Gasteiger charge is 2.36. The number of aromatic nitrogens is 6. The van der Waals surface area contributed by atoms with Crippen molar-refractivity contribution in [3.05, 3.63) is 60.9 Å². The van der Waals surface area contributed by atoms with Gasteiger partial charge in [-0.15, -0.1) is 0 Å². The van der Waals surface area contributed by atoms with Crippen molar-refractivity contribution in [2.45, 2.75) is 19.1 Å². The Balaban J connectivity index is 1.33. The molecule has 0 unspecified atom stereocenters. The summed E-state index contributed by atoms with van der Waals surface area (Å²) in [5.74, 6) is 2.33. The number of hydrogen-bond acceptors (Lipinski definition) is 10. The second kappa shape index (κ2) is 9.95. The van der Waals surface area contributed by atoms with Gasteiger partial charge in [0, 0.05) is 18.3 Å². The Hall–Kier alpha value is -4.58. The molecule has 1 saturated heterocycles. The third-order valence-corrected chi connectivity index (χ3v) is 6.96. The fourth-order valence-electron chi connectivity index (χ4n) is 4.96. The Kier molecular flexibility index (Phi) is 6.31. The van der Waals surface area contributed by atoms with Crippen LogP contribution in [0.3, 0.4) is 0 Å². The standard InChI is InChI=1S/C27H28FN9O2/c1-16-9-17(5-7-21(16)39-24-10-23-30-14-33-37(23)15-32-24)34-27-25-19(29-13-31-27)6-8-22(38-4)26(25)36-11-18(28)20(12-36)35(2)3/h5-10,13-15,18,20H,11-12H2,1-4H3,(H,29,31,34)/t18-,20-/m1/s1. The molecular formula is C27H28FN9O2. The van der Waals surface area contributed by atoms with Crippen molar-refractivity contribution in [3.8, 4) is 17.4 Å². The Morgan fingerprint density at radius 2 is 1.85 bits per heavy atom. The van der Waals surface area contributed by atoms with Crippen LogP contribution in [-0.4, -0.2) is 81.0 Å². The number of aryl methyl sites for hydroxylation is 1. The molecular weight excluding hydrogens is 501 g/mol. The van der Waals surface area contributed by atoms with E-state index in [1.54, 1.807) is 24.0 Å². The van der Waals surface area contributed by atoms with Gasteiger partial charge in [0.05, 0.1) is 36.3 Å². The number of methoxy groups -OCH3 is 1. The van der Waals surface area contributed by atoms with Crippen molar-refractivity contribution in [2.24, 2.45) is 0 Å². The molecule has 5 aromatic rings. The van der Waals surface area contributed by atoms with E-state index in [4.69, 9.17) is 9.47 Å². The largest absolute Gasteiger partial charge is 0.495 e. The number of nitrogens with zero attached hydrogens (tertiary/aromatic N) is 8. The molecule has 39 heavy (non-hydrogen) atoms. The van der Waals surface area contributed by atoms with Crippen molar-refractivity contribution in [1.82, 2.24) is 34.4 Å². The minimum atomic E-state index is -0.990. The number of ether oxygens (including phenoxy) is 2. The van der Waals surface area contributed by atoms with Crippen LogP contribution in [-0.2, 0) is 0 Å². The maximum absolute atomic E-state index is 15.0. The fourth-order valence-corrected chi connectivity index (χ4v) is 4.96. The quantitative estimate of drug-likeness (QED) is 0.332. The molecule has 1 fully saturated rings. The van der Waals surface area contributed by atoms with Gasteiger partial charge in [0.2, 0.25) is 5.88 Å². The molecule has 11 nitrogen and oxygen atoms in total. The predicted molar refractivity (Wildman–Crippen MR) is 146 cm³/mol. The zero-order valence-electron chi connectivity index (χ0n) is 22.0. The minimum absolute atomic E-state index is 0.221. The number of fused-ring (bicyclic) bond motifs is 2. The summed E-state index contributed by atoms with van der Waals surface area (Å²) in [4.78, 5) is 21.4. The number of nitrogens with one attached hydrogen (secondary N) is 1. The summed E-state index contributed by atoms with van der Waals surface area (Å²) in [7, 11) is 5.41. The lowest BCUT2D eigenvalue weighted by Gasteiger charge is -2.25. The Bertz CT molecular complexity index is 1660. The van der Waals surface area contributed by atoms with Gasteiger partial charge in [-0.25, -0.2) is 28.8 Å². The lowest BCUT2D eigenvalue weighted by atomic mass is 10.1. The first kappa shape index (κ1) is 24.7. The van der Waals surface area contributed by atoms with E-state index in [9.17, 15) is 4.39 Å². The molecule has 1 N–H and O–H groups in total. The summed E-state index contributed by atoms with van der Waals surface area (Å²) >= 11 is 0. The van der Waals surface area contributed by atoms with Crippen LogP contribution in [0, 0.1) is 6.92 Å². The van der Waals surface area contributed by atoms with Crippen LogP contribution in [0.2, 0.25) is 0 Å². The SMILES string of the molecule is COc1ccc2ncnc(Nc3ccc(Oc4cc5ncnn5cn4)c(C)c3)c2c1N1C[C@@H](F)[C@H](N(C)C)C1. The van der Waals surface area contributed by atoms with Crippen LogP contribution in [0.1, 0.15) is 5.56 Å². The molecule has 1 aliphatic rings. The van der Waals surface area contributed by atoms with Crippen LogP contribution in [0.15, 0.2) is 55.4 Å². The van der Waals surface area contributed by atoms with Gasteiger partial charge in [-0.1, -0.05) is 0 Å². The number of rotatable bonds is 7. The summed E-state index contributed by atoms with van der Waals surface area (Å²) in [6.45, 7) is 2.74. The molecule has 2 aromatic carbocycles. The zero-order valence-corrected chi connectivity index (χ0v) is 22.0. The molecule has 6 rings (SSSR count). The molecule has 1 aliphatic heterocycles. The van der Waals surface area contributed by atoms with Crippen LogP contribution in [0.5, 0.6) is 17.4 Å². The molecule has 0 saturated carbocycles. The lowest BCUT2D eigenvalue weighted by Crippen LogP contribution is -2.36. The van der Waals surface area contributed by atoms with Crippen LogP contribution >= 0.6 is 0 Å². The first-order valence-electron chi connectivity index (χ1n) is 12.5. The summed E-state index contributed by atoms with van der Waals surface area (Å²) in [5.41, 5.74) is 3.86. The van der Waals surface area contributed by atoms with E-state index in [2.05, 4.69) is 30.4 Å².